The first kappa shape index (κ1) is 21.9. The van der Waals surface area contributed by atoms with Gasteiger partial charge in [0.25, 0.3) is 0 Å². The van der Waals surface area contributed by atoms with E-state index in [2.05, 4.69) is 21.7 Å². The number of amides is 1. The largest absolute Gasteiger partial charge is 0.471 e. The van der Waals surface area contributed by atoms with Crippen molar-refractivity contribution in [2.75, 3.05) is 4.90 Å². The lowest BCUT2D eigenvalue weighted by molar-refractivity contribution is -0.170. The number of rotatable bonds is 7. The zero-order chi connectivity index (χ0) is 21.8. The van der Waals surface area contributed by atoms with Crippen molar-refractivity contribution in [3.63, 3.8) is 0 Å². The highest BCUT2D eigenvalue weighted by Crippen LogP contribution is 2.26. The zero-order valence-electron chi connectivity index (χ0n) is 15.7. The Labute approximate surface area is 164 Å². The van der Waals surface area contributed by atoms with Crippen LogP contribution in [-0.4, -0.2) is 40.3 Å². The Morgan fingerprint density at radius 3 is 2.28 bits per heavy atom. The number of hydrogen-bond donors (Lipinski definition) is 0. The summed E-state index contributed by atoms with van der Waals surface area (Å²) in [5.41, 5.74) is 0.0207. The van der Waals surface area contributed by atoms with Crippen molar-refractivity contribution >= 4 is 35.7 Å². The summed E-state index contributed by atoms with van der Waals surface area (Å²) in [6, 6.07) is 5.09. The van der Waals surface area contributed by atoms with Crippen LogP contribution in [-0.2, 0) is 11.3 Å². The maximum Gasteiger partial charge on any atom is 0.471 e. The third-order valence-electron chi connectivity index (χ3n) is 3.93. The van der Waals surface area contributed by atoms with E-state index in [0.717, 1.165) is 6.20 Å². The molecular weight excluding hydrogens is 389 g/mol. The lowest BCUT2D eigenvalue weighted by Gasteiger charge is -2.24. The fourth-order valence-electron chi connectivity index (χ4n) is 2.44. The van der Waals surface area contributed by atoms with Crippen molar-refractivity contribution in [3.8, 4) is 0 Å². The molecule has 0 N–H and O–H groups in total. The Balaban J connectivity index is 2.48. The number of carbonyl (C=O) groups excluding carboxylic acids is 3. The Kier molecular flexibility index (Phi) is 6.57. The standard InChI is InChI=1S/C19H17F3N4O3/c1-4-15(28)16-17(23-3)24-9-13(25-16)10-26(18(29)19(20,21)22)14-7-5-12(6-8-14)11(2)27/h5-9H,3-4,10H2,1-2H3. The lowest BCUT2D eigenvalue weighted by atomic mass is 10.1. The number of halogens is 3. The highest BCUT2D eigenvalue weighted by atomic mass is 19.4. The summed E-state index contributed by atoms with van der Waals surface area (Å²) in [7, 11) is 0. The first-order chi connectivity index (χ1) is 13.6. The van der Waals surface area contributed by atoms with Crippen LogP contribution in [0.2, 0.25) is 0 Å². The molecule has 0 bridgehead atoms. The average molecular weight is 406 g/mol. The Hall–Kier alpha value is -3.43. The van der Waals surface area contributed by atoms with Crippen LogP contribution in [0.15, 0.2) is 35.5 Å². The molecule has 0 spiro atoms. The molecule has 1 aromatic carbocycles. The van der Waals surface area contributed by atoms with Gasteiger partial charge >= 0.3 is 12.1 Å². The number of ketones is 2. The van der Waals surface area contributed by atoms with E-state index in [1.807, 2.05) is 0 Å². The van der Waals surface area contributed by atoms with Gasteiger partial charge in [-0.25, -0.2) is 15.0 Å². The molecular formula is C19H17F3N4O3. The quantitative estimate of drug-likeness (QED) is 0.516. The number of nitrogens with zero attached hydrogens (tertiary/aromatic N) is 4. The third kappa shape index (κ3) is 5.09. The van der Waals surface area contributed by atoms with Gasteiger partial charge in [-0.2, -0.15) is 13.2 Å². The van der Waals surface area contributed by atoms with Gasteiger partial charge in [-0.3, -0.25) is 19.3 Å². The van der Waals surface area contributed by atoms with E-state index in [-0.39, 0.29) is 40.7 Å². The van der Waals surface area contributed by atoms with Crippen LogP contribution in [0.1, 0.15) is 46.8 Å². The minimum Gasteiger partial charge on any atom is -0.299 e. The molecule has 2 rings (SSSR count). The normalized spacial score (nSPS) is 11.1. The predicted molar refractivity (Wildman–Crippen MR) is 99.6 cm³/mol. The number of anilines is 1. The fraction of sp³-hybridized carbons (Fsp3) is 0.263. The Morgan fingerprint density at radius 1 is 1.17 bits per heavy atom. The Morgan fingerprint density at radius 2 is 1.79 bits per heavy atom. The molecule has 10 heteroatoms. The number of benzene rings is 1. The molecule has 1 aromatic heterocycles. The predicted octanol–water partition coefficient (Wildman–Crippen LogP) is 3.70. The van der Waals surface area contributed by atoms with Crippen LogP contribution < -0.4 is 4.90 Å². The molecule has 0 aliphatic heterocycles. The molecule has 2 aromatic rings. The van der Waals surface area contributed by atoms with Crippen LogP contribution in [0.4, 0.5) is 24.7 Å². The summed E-state index contributed by atoms with van der Waals surface area (Å²) in [6.45, 7) is 5.59. The minimum absolute atomic E-state index is 0.0394. The van der Waals surface area contributed by atoms with Gasteiger partial charge in [-0.15, -0.1) is 0 Å². The van der Waals surface area contributed by atoms with Gasteiger partial charge in [0.1, 0.15) is 0 Å². The fourth-order valence-corrected chi connectivity index (χ4v) is 2.44. The number of aromatic nitrogens is 2. The van der Waals surface area contributed by atoms with Crippen LogP contribution in [0.5, 0.6) is 0 Å². The number of alkyl halides is 3. The molecule has 0 saturated carbocycles. The zero-order valence-corrected chi connectivity index (χ0v) is 15.7. The maximum atomic E-state index is 13.1. The second kappa shape index (κ2) is 8.72. The monoisotopic (exact) mass is 406 g/mol. The van der Waals surface area contributed by atoms with Crippen molar-refractivity contribution in [3.05, 3.63) is 47.4 Å². The van der Waals surface area contributed by atoms with E-state index in [4.69, 9.17) is 0 Å². The van der Waals surface area contributed by atoms with Gasteiger partial charge < -0.3 is 0 Å². The molecule has 0 atom stereocenters. The van der Waals surface area contributed by atoms with Gasteiger partial charge in [-0.1, -0.05) is 6.92 Å². The van der Waals surface area contributed by atoms with E-state index >= 15 is 0 Å². The lowest BCUT2D eigenvalue weighted by Crippen LogP contribution is -2.41. The summed E-state index contributed by atoms with van der Waals surface area (Å²) in [4.78, 5) is 47.3. The summed E-state index contributed by atoms with van der Waals surface area (Å²) in [5, 5.41) is 0. The summed E-state index contributed by atoms with van der Waals surface area (Å²) >= 11 is 0. The summed E-state index contributed by atoms with van der Waals surface area (Å²) < 4.78 is 39.4. The van der Waals surface area contributed by atoms with E-state index < -0.39 is 24.4 Å². The molecule has 7 nitrogen and oxygen atoms in total. The smallest absolute Gasteiger partial charge is 0.299 e. The van der Waals surface area contributed by atoms with Gasteiger partial charge in [0.05, 0.1) is 18.4 Å². The third-order valence-corrected chi connectivity index (χ3v) is 3.93. The topological polar surface area (TPSA) is 92.6 Å². The molecule has 1 amide bonds. The van der Waals surface area contributed by atoms with Crippen molar-refractivity contribution in [1.29, 1.82) is 0 Å². The molecule has 0 fully saturated rings. The summed E-state index contributed by atoms with van der Waals surface area (Å²) in [6.07, 6.45) is -3.94. The van der Waals surface area contributed by atoms with Gasteiger partial charge in [0, 0.05) is 17.7 Å². The van der Waals surface area contributed by atoms with Crippen molar-refractivity contribution in [2.45, 2.75) is 33.0 Å². The van der Waals surface area contributed by atoms with E-state index in [1.165, 1.54) is 31.2 Å². The second-order valence-corrected chi connectivity index (χ2v) is 5.96. The van der Waals surface area contributed by atoms with Crippen molar-refractivity contribution in [1.82, 2.24) is 9.97 Å². The molecule has 29 heavy (non-hydrogen) atoms. The second-order valence-electron chi connectivity index (χ2n) is 5.96. The van der Waals surface area contributed by atoms with Gasteiger partial charge in [-0.05, 0) is 37.9 Å². The molecule has 0 radical (unpaired) electrons. The minimum atomic E-state index is -5.14. The van der Waals surface area contributed by atoms with Crippen LogP contribution in [0, 0.1) is 0 Å². The molecule has 0 saturated heterocycles. The van der Waals surface area contributed by atoms with E-state index in [0.29, 0.717) is 4.90 Å². The highest BCUT2D eigenvalue weighted by molar-refractivity contribution is 5.99. The number of hydrogen-bond acceptors (Lipinski definition) is 6. The van der Waals surface area contributed by atoms with Gasteiger partial charge in [0.15, 0.2) is 23.1 Å². The number of carbonyl (C=O) groups is 3. The van der Waals surface area contributed by atoms with Crippen LogP contribution in [0.25, 0.3) is 0 Å². The highest BCUT2D eigenvalue weighted by Gasteiger charge is 2.43. The molecule has 1 heterocycles. The van der Waals surface area contributed by atoms with Crippen LogP contribution in [0.3, 0.4) is 0 Å². The van der Waals surface area contributed by atoms with E-state index in [1.54, 1.807) is 6.92 Å². The number of aliphatic imine (C=N–C) groups is 1. The average Bonchev–Trinajstić information content (AvgIpc) is 2.70. The Bertz CT molecular complexity index is 956. The van der Waals surface area contributed by atoms with Crippen LogP contribution >= 0.6 is 0 Å². The number of Topliss-reactive ketones (excluding diaryl/α,β-unsaturated/α-hetero) is 2. The van der Waals surface area contributed by atoms with Crippen molar-refractivity contribution < 1.29 is 27.6 Å². The van der Waals surface area contributed by atoms with E-state index in [9.17, 15) is 27.6 Å². The van der Waals surface area contributed by atoms with Gasteiger partial charge in [0.2, 0.25) is 0 Å². The molecule has 152 valence electrons. The molecule has 0 aliphatic rings. The summed E-state index contributed by atoms with van der Waals surface area (Å²) in [5.74, 6) is -2.85. The first-order valence-electron chi connectivity index (χ1n) is 8.44. The first-order valence-corrected chi connectivity index (χ1v) is 8.44. The maximum absolute atomic E-state index is 13.1. The SMILES string of the molecule is C=Nc1ncc(CN(C(=O)C(F)(F)F)c2ccc(C(C)=O)cc2)nc1C(=O)CC. The molecule has 0 unspecified atom stereocenters. The molecule has 0 aliphatic carbocycles. The van der Waals surface area contributed by atoms with Crippen molar-refractivity contribution in [2.24, 2.45) is 4.99 Å².